The van der Waals surface area contributed by atoms with Crippen LogP contribution in [0.1, 0.15) is 17.2 Å². The minimum Gasteiger partial charge on any atom is -0.388 e. The van der Waals surface area contributed by atoms with E-state index in [0.717, 1.165) is 9.13 Å². The van der Waals surface area contributed by atoms with Crippen LogP contribution in [0.4, 0.5) is 4.39 Å². The Morgan fingerprint density at radius 2 is 1.94 bits per heavy atom. The molecule has 2 aromatic carbocycles. The molecule has 0 aliphatic rings. The van der Waals surface area contributed by atoms with Crippen LogP contribution in [0.2, 0.25) is 0 Å². The van der Waals surface area contributed by atoms with E-state index >= 15 is 0 Å². The number of hydrogen-bond donors (Lipinski definition) is 1. The van der Waals surface area contributed by atoms with Crippen molar-refractivity contribution in [1.82, 2.24) is 0 Å². The van der Waals surface area contributed by atoms with Crippen molar-refractivity contribution in [2.75, 3.05) is 0 Å². The van der Waals surface area contributed by atoms with Crippen molar-refractivity contribution in [3.8, 4) is 0 Å². The van der Waals surface area contributed by atoms with Gasteiger partial charge in [0.05, 0.1) is 6.10 Å². The van der Waals surface area contributed by atoms with E-state index in [4.69, 9.17) is 0 Å². The third-order valence-electron chi connectivity index (χ3n) is 2.69. The first-order valence-corrected chi connectivity index (χ1v) is 7.31. The molecule has 1 nitrogen and oxygen atoms in total. The van der Waals surface area contributed by atoms with Crippen molar-refractivity contribution in [3.05, 3.63) is 67.5 Å². The van der Waals surface area contributed by atoms with Gasteiger partial charge in [0.25, 0.3) is 0 Å². The third kappa shape index (κ3) is 3.30. The van der Waals surface area contributed by atoms with Crippen LogP contribution >= 0.6 is 38.5 Å². The molecule has 0 fully saturated rings. The molecule has 18 heavy (non-hydrogen) atoms. The largest absolute Gasteiger partial charge is 0.388 e. The Labute approximate surface area is 127 Å². The van der Waals surface area contributed by atoms with E-state index in [9.17, 15) is 9.50 Å². The molecule has 0 aromatic heterocycles. The molecule has 2 aromatic rings. The van der Waals surface area contributed by atoms with Gasteiger partial charge in [0.1, 0.15) is 5.82 Å². The highest BCUT2D eigenvalue weighted by Gasteiger charge is 2.14. The van der Waals surface area contributed by atoms with Crippen LogP contribution in [-0.4, -0.2) is 5.11 Å². The zero-order chi connectivity index (χ0) is 13.1. The summed E-state index contributed by atoms with van der Waals surface area (Å²) in [5.74, 6) is -0.297. The van der Waals surface area contributed by atoms with Gasteiger partial charge in [-0.2, -0.15) is 0 Å². The molecule has 0 spiro atoms. The van der Waals surface area contributed by atoms with Gasteiger partial charge >= 0.3 is 0 Å². The lowest BCUT2D eigenvalue weighted by Crippen LogP contribution is -2.05. The summed E-state index contributed by atoms with van der Waals surface area (Å²) in [6.07, 6.45) is -0.409. The summed E-state index contributed by atoms with van der Waals surface area (Å²) in [5.41, 5.74) is 1.35. The second-order valence-corrected chi connectivity index (χ2v) is 6.06. The topological polar surface area (TPSA) is 20.2 Å². The average Bonchev–Trinajstić information content (AvgIpc) is 2.33. The Hall–Kier alpha value is -0.460. The molecule has 0 heterocycles. The molecule has 1 unspecified atom stereocenters. The molecule has 0 aliphatic carbocycles. The smallest absolute Gasteiger partial charge is 0.127 e. The lowest BCUT2D eigenvalue weighted by molar-refractivity contribution is 0.176. The summed E-state index contributed by atoms with van der Waals surface area (Å²) < 4.78 is 15.4. The maximum atomic E-state index is 13.7. The minimum atomic E-state index is -0.686. The summed E-state index contributed by atoms with van der Waals surface area (Å²) in [6.45, 7) is 0. The number of aliphatic hydroxyl groups is 1. The van der Waals surface area contributed by atoms with Gasteiger partial charge in [-0.3, -0.25) is 0 Å². The number of rotatable bonds is 3. The molecule has 1 atom stereocenters. The van der Waals surface area contributed by atoms with Crippen molar-refractivity contribution < 1.29 is 9.50 Å². The van der Waals surface area contributed by atoms with Crippen LogP contribution in [0.5, 0.6) is 0 Å². The predicted molar refractivity (Wildman–Crippen MR) is 81.9 cm³/mol. The first kappa shape index (κ1) is 14.0. The van der Waals surface area contributed by atoms with Crippen LogP contribution < -0.4 is 0 Å². The molecule has 2 rings (SSSR count). The van der Waals surface area contributed by atoms with Gasteiger partial charge in [0.2, 0.25) is 0 Å². The quantitative estimate of drug-likeness (QED) is 0.726. The second-order valence-electron chi connectivity index (χ2n) is 3.98. The molecule has 0 aliphatic heterocycles. The molecule has 0 saturated carbocycles. The van der Waals surface area contributed by atoms with Crippen molar-refractivity contribution in [3.63, 3.8) is 0 Å². The number of halogens is 3. The molecule has 94 valence electrons. The first-order chi connectivity index (χ1) is 8.58. The summed E-state index contributed by atoms with van der Waals surface area (Å²) >= 11 is 5.39. The highest BCUT2D eigenvalue weighted by atomic mass is 127. The van der Waals surface area contributed by atoms with Crippen LogP contribution in [0.25, 0.3) is 0 Å². The Morgan fingerprint density at radius 3 is 2.61 bits per heavy atom. The van der Waals surface area contributed by atoms with Crippen LogP contribution in [-0.2, 0) is 6.42 Å². The molecule has 0 saturated heterocycles. The second kappa shape index (κ2) is 6.12. The van der Waals surface area contributed by atoms with Gasteiger partial charge in [-0.15, -0.1) is 0 Å². The summed E-state index contributed by atoms with van der Waals surface area (Å²) in [7, 11) is 0. The van der Waals surface area contributed by atoms with Gasteiger partial charge in [-0.1, -0.05) is 40.2 Å². The Bertz CT molecular complexity index is 559. The monoisotopic (exact) mass is 420 g/mol. The molecule has 0 bridgehead atoms. The number of aliphatic hydroxyl groups excluding tert-OH is 1. The highest BCUT2D eigenvalue weighted by Crippen LogP contribution is 2.25. The van der Waals surface area contributed by atoms with E-state index in [1.54, 1.807) is 12.1 Å². The summed E-state index contributed by atoms with van der Waals surface area (Å²) in [4.78, 5) is 0. The van der Waals surface area contributed by atoms with Crippen LogP contribution in [0.15, 0.2) is 46.9 Å². The zero-order valence-electron chi connectivity index (χ0n) is 9.41. The fourth-order valence-corrected chi connectivity index (χ4v) is 2.83. The van der Waals surface area contributed by atoms with E-state index < -0.39 is 6.10 Å². The van der Waals surface area contributed by atoms with Crippen molar-refractivity contribution in [2.45, 2.75) is 12.5 Å². The normalized spacial score (nSPS) is 12.4. The lowest BCUT2D eigenvalue weighted by atomic mass is 10.0. The van der Waals surface area contributed by atoms with Gasteiger partial charge in [0, 0.05) is 14.5 Å². The Morgan fingerprint density at radius 1 is 1.22 bits per heavy atom. The van der Waals surface area contributed by atoms with Gasteiger partial charge in [-0.25, -0.2) is 4.39 Å². The Balaban J connectivity index is 2.21. The molecule has 0 radical (unpaired) electrons. The van der Waals surface area contributed by atoms with Gasteiger partial charge < -0.3 is 5.11 Å². The predicted octanol–water partition coefficient (Wildman–Crippen LogP) is 4.47. The third-order valence-corrected chi connectivity index (χ3v) is 4.17. The van der Waals surface area contributed by atoms with E-state index in [1.165, 1.54) is 6.07 Å². The molecule has 4 heteroatoms. The fourth-order valence-electron chi connectivity index (χ4n) is 1.75. The van der Waals surface area contributed by atoms with E-state index in [1.807, 2.05) is 24.3 Å². The maximum absolute atomic E-state index is 13.7. The maximum Gasteiger partial charge on any atom is 0.127 e. The van der Waals surface area contributed by atoms with Gasteiger partial charge in [0.15, 0.2) is 0 Å². The highest BCUT2D eigenvalue weighted by molar-refractivity contribution is 14.1. The van der Waals surface area contributed by atoms with Crippen molar-refractivity contribution >= 4 is 38.5 Å². The minimum absolute atomic E-state index is 0.277. The van der Waals surface area contributed by atoms with Crippen molar-refractivity contribution in [1.29, 1.82) is 0 Å². The van der Waals surface area contributed by atoms with E-state index in [-0.39, 0.29) is 12.2 Å². The van der Waals surface area contributed by atoms with Crippen molar-refractivity contribution in [2.24, 2.45) is 0 Å². The fraction of sp³-hybridized carbons (Fsp3) is 0.143. The van der Waals surface area contributed by atoms with Gasteiger partial charge in [-0.05, 0) is 51.9 Å². The number of benzene rings is 2. The number of hydrogen-bond acceptors (Lipinski definition) is 1. The molecule has 1 N–H and O–H groups in total. The molecular formula is C14H11BrFIO. The lowest BCUT2D eigenvalue weighted by Gasteiger charge is -2.13. The summed E-state index contributed by atoms with van der Waals surface area (Å²) in [6, 6.07) is 12.5. The standard InChI is InChI=1S/C14H11BrFIO/c15-10-6-5-9(12(16)8-10)7-14(18)11-3-1-2-4-13(11)17/h1-6,8,14,18H,7H2. The van der Waals surface area contributed by atoms with E-state index in [0.29, 0.717) is 10.0 Å². The Kier molecular flexibility index (Phi) is 4.75. The molecular weight excluding hydrogens is 410 g/mol. The van der Waals surface area contributed by atoms with Crippen LogP contribution in [0.3, 0.4) is 0 Å². The molecule has 0 amide bonds. The van der Waals surface area contributed by atoms with E-state index in [2.05, 4.69) is 38.5 Å². The average molecular weight is 421 g/mol. The summed E-state index contributed by atoms with van der Waals surface area (Å²) in [5, 5.41) is 10.2. The SMILES string of the molecule is OC(Cc1ccc(Br)cc1F)c1ccccc1I. The zero-order valence-corrected chi connectivity index (χ0v) is 13.2. The first-order valence-electron chi connectivity index (χ1n) is 5.44. The van der Waals surface area contributed by atoms with Crippen LogP contribution in [0, 0.1) is 9.39 Å².